The van der Waals surface area contributed by atoms with E-state index in [4.69, 9.17) is 9.90 Å². The highest BCUT2D eigenvalue weighted by Crippen LogP contribution is 2.25. The number of fused-ring (bicyclic) bond motifs is 1. The fraction of sp³-hybridized carbons (Fsp3) is 0.429. The molecule has 2 heterocycles. The highest BCUT2D eigenvalue weighted by molar-refractivity contribution is 5.92. The molecule has 1 atom stereocenters. The zero-order chi connectivity index (χ0) is 22.4. The molecule has 1 unspecified atom stereocenters. The van der Waals surface area contributed by atoms with Crippen LogP contribution in [0.2, 0.25) is 0 Å². The van der Waals surface area contributed by atoms with E-state index in [1.165, 1.54) is 24.0 Å². The van der Waals surface area contributed by atoms with Crippen LogP contribution in [-0.2, 0) is 17.6 Å². The topological polar surface area (TPSA) is 86.6 Å². The van der Waals surface area contributed by atoms with Crippen LogP contribution in [0, 0.1) is 0 Å². The monoisotopic (exact) mass is 436 g/mol. The van der Waals surface area contributed by atoms with Crippen molar-refractivity contribution < 1.29 is 27.9 Å². The maximum Gasteiger partial charge on any atom is 0.490 e. The first kappa shape index (κ1) is 22.7. The van der Waals surface area contributed by atoms with Crippen LogP contribution >= 0.6 is 0 Å². The molecule has 1 amide bonds. The Kier molecular flexibility index (Phi) is 7.21. The SMILES string of the molecule is O=C(O)C(F)(F)F.O=C(c1cnccn1)N1CCN(C2CCc3ccccc3C2)CC1. The fourth-order valence-corrected chi connectivity index (χ4v) is 3.85. The number of carbonyl (C=O) groups is 2. The number of aromatic nitrogens is 2. The van der Waals surface area contributed by atoms with Gasteiger partial charge in [-0.3, -0.25) is 14.7 Å². The van der Waals surface area contributed by atoms with E-state index in [1.54, 1.807) is 18.6 Å². The van der Waals surface area contributed by atoms with E-state index in [0.29, 0.717) is 11.7 Å². The van der Waals surface area contributed by atoms with E-state index in [-0.39, 0.29) is 5.91 Å². The summed E-state index contributed by atoms with van der Waals surface area (Å²) in [5.74, 6) is -2.76. The van der Waals surface area contributed by atoms with E-state index >= 15 is 0 Å². The lowest BCUT2D eigenvalue weighted by molar-refractivity contribution is -0.192. The fourth-order valence-electron chi connectivity index (χ4n) is 3.85. The zero-order valence-corrected chi connectivity index (χ0v) is 16.8. The molecule has 1 aromatic heterocycles. The molecule has 2 aromatic rings. The molecule has 1 aliphatic carbocycles. The van der Waals surface area contributed by atoms with Gasteiger partial charge in [0.15, 0.2) is 0 Å². The average molecular weight is 436 g/mol. The minimum absolute atomic E-state index is 0.00302. The first-order valence-electron chi connectivity index (χ1n) is 9.92. The Bertz CT molecular complexity index is 900. The number of nitrogens with zero attached hydrogens (tertiary/aromatic N) is 4. The van der Waals surface area contributed by atoms with Crippen LogP contribution in [-0.4, -0.2) is 75.1 Å². The Morgan fingerprint density at radius 2 is 1.68 bits per heavy atom. The van der Waals surface area contributed by atoms with Crippen molar-refractivity contribution in [1.29, 1.82) is 0 Å². The van der Waals surface area contributed by atoms with Gasteiger partial charge in [0, 0.05) is 44.6 Å². The zero-order valence-electron chi connectivity index (χ0n) is 16.8. The predicted octanol–water partition coefficient (Wildman–Crippen LogP) is 2.43. The van der Waals surface area contributed by atoms with Gasteiger partial charge in [-0.25, -0.2) is 9.78 Å². The smallest absolute Gasteiger partial charge is 0.475 e. The Morgan fingerprint density at radius 1 is 1.03 bits per heavy atom. The van der Waals surface area contributed by atoms with Crippen molar-refractivity contribution >= 4 is 11.9 Å². The van der Waals surface area contributed by atoms with Crippen molar-refractivity contribution in [2.45, 2.75) is 31.5 Å². The Labute approximate surface area is 177 Å². The van der Waals surface area contributed by atoms with Gasteiger partial charge in [0.25, 0.3) is 5.91 Å². The van der Waals surface area contributed by atoms with Gasteiger partial charge in [0.05, 0.1) is 6.20 Å². The van der Waals surface area contributed by atoms with Gasteiger partial charge in [-0.05, 0) is 30.4 Å². The van der Waals surface area contributed by atoms with Crippen molar-refractivity contribution in [2.75, 3.05) is 26.2 Å². The average Bonchev–Trinajstić information content (AvgIpc) is 2.79. The quantitative estimate of drug-likeness (QED) is 0.778. The molecule has 1 aliphatic heterocycles. The summed E-state index contributed by atoms with van der Waals surface area (Å²) in [7, 11) is 0. The van der Waals surface area contributed by atoms with Gasteiger partial charge in [0.1, 0.15) is 5.69 Å². The lowest BCUT2D eigenvalue weighted by Crippen LogP contribution is -2.53. The van der Waals surface area contributed by atoms with Crippen LogP contribution in [0.15, 0.2) is 42.9 Å². The van der Waals surface area contributed by atoms with Crippen LogP contribution in [0.3, 0.4) is 0 Å². The molecule has 1 fully saturated rings. The Balaban J connectivity index is 0.000000339. The summed E-state index contributed by atoms with van der Waals surface area (Å²) in [6.07, 6.45) is 3.15. The molecule has 0 spiro atoms. The van der Waals surface area contributed by atoms with E-state index in [0.717, 1.165) is 32.6 Å². The van der Waals surface area contributed by atoms with Crippen molar-refractivity contribution in [3.63, 3.8) is 0 Å². The first-order valence-corrected chi connectivity index (χ1v) is 9.92. The molecule has 4 rings (SSSR count). The Hall–Kier alpha value is -3.01. The van der Waals surface area contributed by atoms with Crippen LogP contribution < -0.4 is 0 Å². The molecule has 0 saturated carbocycles. The van der Waals surface area contributed by atoms with Crippen molar-refractivity contribution in [3.8, 4) is 0 Å². The van der Waals surface area contributed by atoms with Crippen LogP contribution in [0.25, 0.3) is 0 Å². The molecule has 166 valence electrons. The molecule has 0 bridgehead atoms. The van der Waals surface area contributed by atoms with E-state index in [9.17, 15) is 18.0 Å². The number of halogens is 3. The second kappa shape index (κ2) is 9.86. The molecule has 1 aromatic carbocycles. The third-order valence-corrected chi connectivity index (χ3v) is 5.46. The molecule has 1 N–H and O–H groups in total. The molecule has 0 radical (unpaired) electrons. The van der Waals surface area contributed by atoms with Gasteiger partial charge in [0.2, 0.25) is 0 Å². The maximum absolute atomic E-state index is 12.5. The van der Waals surface area contributed by atoms with Gasteiger partial charge >= 0.3 is 12.1 Å². The molecular formula is C21H23F3N4O3. The normalized spacial score (nSPS) is 19.1. The lowest BCUT2D eigenvalue weighted by Gasteiger charge is -2.41. The molecule has 7 nitrogen and oxygen atoms in total. The number of carboxylic acid groups (broad SMARTS) is 1. The minimum Gasteiger partial charge on any atom is -0.475 e. The molecule has 31 heavy (non-hydrogen) atoms. The number of carboxylic acids is 1. The Morgan fingerprint density at radius 3 is 2.26 bits per heavy atom. The number of hydrogen-bond donors (Lipinski definition) is 1. The number of alkyl halides is 3. The number of carbonyl (C=O) groups excluding carboxylic acids is 1. The third kappa shape index (κ3) is 6.00. The van der Waals surface area contributed by atoms with Crippen LogP contribution in [0.4, 0.5) is 13.2 Å². The summed E-state index contributed by atoms with van der Waals surface area (Å²) in [6.45, 7) is 3.43. The highest BCUT2D eigenvalue weighted by atomic mass is 19.4. The van der Waals surface area contributed by atoms with E-state index < -0.39 is 12.1 Å². The predicted molar refractivity (Wildman–Crippen MR) is 105 cm³/mol. The standard InChI is InChI=1S/C19H22N4O.C2HF3O2/c24-19(18-14-20-7-8-21-18)23-11-9-22(10-12-23)17-6-5-15-3-1-2-4-16(15)13-17;3-2(4,5)1(6)7/h1-4,7-8,14,17H,5-6,9-13H2;(H,6,7). The third-order valence-electron chi connectivity index (χ3n) is 5.46. The summed E-state index contributed by atoms with van der Waals surface area (Å²) < 4.78 is 31.7. The highest BCUT2D eigenvalue weighted by Gasteiger charge is 2.38. The second-order valence-corrected chi connectivity index (χ2v) is 7.39. The number of aliphatic carboxylic acids is 1. The van der Waals surface area contributed by atoms with E-state index in [2.05, 4.69) is 39.1 Å². The molecule has 10 heteroatoms. The first-order chi connectivity index (χ1) is 14.8. The summed E-state index contributed by atoms with van der Waals surface area (Å²) in [5, 5.41) is 7.12. The van der Waals surface area contributed by atoms with Crippen molar-refractivity contribution in [2.24, 2.45) is 0 Å². The number of benzene rings is 1. The van der Waals surface area contributed by atoms with Gasteiger partial charge in [-0.1, -0.05) is 24.3 Å². The summed E-state index contributed by atoms with van der Waals surface area (Å²) in [4.78, 5) is 33.9. The lowest BCUT2D eigenvalue weighted by atomic mass is 9.87. The van der Waals surface area contributed by atoms with Gasteiger partial charge in [-0.15, -0.1) is 0 Å². The molecule has 2 aliphatic rings. The maximum atomic E-state index is 12.5. The van der Waals surface area contributed by atoms with Gasteiger partial charge < -0.3 is 10.0 Å². The van der Waals surface area contributed by atoms with Crippen molar-refractivity contribution in [3.05, 3.63) is 59.7 Å². The number of rotatable bonds is 2. The largest absolute Gasteiger partial charge is 0.490 e. The molecule has 1 saturated heterocycles. The van der Waals surface area contributed by atoms with E-state index in [1.807, 2.05) is 4.90 Å². The van der Waals surface area contributed by atoms with Crippen molar-refractivity contribution in [1.82, 2.24) is 19.8 Å². The summed E-state index contributed by atoms with van der Waals surface area (Å²) in [6, 6.07) is 9.39. The van der Waals surface area contributed by atoms with Crippen LogP contribution in [0.1, 0.15) is 28.0 Å². The number of hydrogen-bond acceptors (Lipinski definition) is 5. The molecular weight excluding hydrogens is 413 g/mol. The number of aryl methyl sites for hydroxylation is 1. The second-order valence-electron chi connectivity index (χ2n) is 7.39. The summed E-state index contributed by atoms with van der Waals surface area (Å²) >= 11 is 0. The minimum atomic E-state index is -5.08. The van der Waals surface area contributed by atoms with Crippen LogP contribution in [0.5, 0.6) is 0 Å². The number of amides is 1. The number of piperazine rings is 1. The van der Waals surface area contributed by atoms with Gasteiger partial charge in [-0.2, -0.15) is 13.2 Å². The summed E-state index contributed by atoms with van der Waals surface area (Å²) in [5.41, 5.74) is 3.44.